The van der Waals surface area contributed by atoms with Crippen LogP contribution in [0, 0.1) is 0 Å². The minimum absolute atomic E-state index is 0. The first-order valence-corrected chi connectivity index (χ1v) is 8.84. The molecule has 8 heteroatoms. The van der Waals surface area contributed by atoms with Crippen molar-refractivity contribution >= 4 is 28.4 Å². The van der Waals surface area contributed by atoms with Crippen LogP contribution in [0.2, 0.25) is 0 Å². The quantitative estimate of drug-likeness (QED) is 0.824. The van der Waals surface area contributed by atoms with Gasteiger partial charge in [-0.1, -0.05) is 0 Å². The van der Waals surface area contributed by atoms with Crippen LogP contribution in [0.4, 0.5) is 0 Å². The van der Waals surface area contributed by atoms with Crippen molar-refractivity contribution < 1.29 is 17.9 Å². The smallest absolute Gasteiger partial charge is 0.338 e. The highest BCUT2D eigenvalue weighted by molar-refractivity contribution is 7.89. The zero-order valence-corrected chi connectivity index (χ0v) is 15.1. The zero-order valence-electron chi connectivity index (χ0n) is 13.5. The topological polar surface area (TPSA) is 75.7 Å². The molecule has 1 N–H and O–H groups in total. The van der Waals surface area contributed by atoms with E-state index in [1.807, 2.05) is 13.8 Å². The lowest BCUT2D eigenvalue weighted by molar-refractivity contribution is 0.0526. The third-order valence-corrected chi connectivity index (χ3v) is 5.95. The third kappa shape index (κ3) is 4.23. The van der Waals surface area contributed by atoms with Crippen LogP contribution >= 0.6 is 12.4 Å². The normalized spacial score (nSPS) is 22.2. The van der Waals surface area contributed by atoms with Gasteiger partial charge in [-0.25, -0.2) is 13.2 Å². The lowest BCUT2D eigenvalue weighted by Crippen LogP contribution is -2.57. The molecular formula is C15H23ClN2O4S. The summed E-state index contributed by atoms with van der Waals surface area (Å²) >= 11 is 0. The first-order chi connectivity index (χ1) is 10.4. The average molecular weight is 363 g/mol. The Morgan fingerprint density at radius 3 is 2.48 bits per heavy atom. The standard InChI is InChI=1S/C15H22N2O4S.ClH/c1-4-21-15(18)13-5-7-14(8-6-13)22(19,20)17-10-9-16-11(2)12(17)3;/h5-8,11-12,16H,4,9-10H2,1-3H3;1H. The number of rotatable bonds is 4. The summed E-state index contributed by atoms with van der Waals surface area (Å²) in [5.74, 6) is -0.449. The van der Waals surface area contributed by atoms with E-state index in [-0.39, 0.29) is 36.0 Å². The highest BCUT2D eigenvalue weighted by Crippen LogP contribution is 2.22. The second-order valence-corrected chi connectivity index (χ2v) is 7.23. The molecule has 0 aliphatic carbocycles. The van der Waals surface area contributed by atoms with Gasteiger partial charge in [0.25, 0.3) is 0 Å². The number of piperazine rings is 1. The second-order valence-electron chi connectivity index (χ2n) is 5.34. The maximum absolute atomic E-state index is 12.7. The molecule has 0 spiro atoms. The minimum Gasteiger partial charge on any atom is -0.462 e. The Hall–Kier alpha value is -1.15. The number of nitrogens with zero attached hydrogens (tertiary/aromatic N) is 1. The monoisotopic (exact) mass is 362 g/mol. The fourth-order valence-electron chi connectivity index (χ4n) is 2.48. The van der Waals surface area contributed by atoms with Crippen LogP contribution in [0.1, 0.15) is 31.1 Å². The number of nitrogens with one attached hydrogen (secondary N) is 1. The summed E-state index contributed by atoms with van der Waals surface area (Å²) in [6, 6.07) is 5.87. The van der Waals surface area contributed by atoms with E-state index in [9.17, 15) is 13.2 Å². The highest BCUT2D eigenvalue weighted by atomic mass is 35.5. The van der Waals surface area contributed by atoms with Crippen molar-refractivity contribution in [3.05, 3.63) is 29.8 Å². The van der Waals surface area contributed by atoms with Gasteiger partial charge in [-0.15, -0.1) is 12.4 Å². The van der Waals surface area contributed by atoms with Crippen LogP contribution in [0.15, 0.2) is 29.2 Å². The molecule has 1 aromatic rings. The van der Waals surface area contributed by atoms with Crippen molar-refractivity contribution in [1.82, 2.24) is 9.62 Å². The molecule has 0 bridgehead atoms. The van der Waals surface area contributed by atoms with Crippen LogP contribution < -0.4 is 5.32 Å². The second kappa shape index (κ2) is 8.10. The number of ether oxygens (including phenoxy) is 1. The van der Waals surface area contributed by atoms with Gasteiger partial charge in [-0.2, -0.15) is 4.31 Å². The van der Waals surface area contributed by atoms with E-state index in [1.165, 1.54) is 28.6 Å². The van der Waals surface area contributed by atoms with E-state index >= 15 is 0 Å². The summed E-state index contributed by atoms with van der Waals surface area (Å²) < 4.78 is 31.9. The first kappa shape index (κ1) is 19.9. The van der Waals surface area contributed by atoms with Gasteiger partial charge in [0.05, 0.1) is 17.1 Å². The minimum atomic E-state index is -3.56. The largest absolute Gasteiger partial charge is 0.462 e. The van der Waals surface area contributed by atoms with Crippen molar-refractivity contribution in [3.63, 3.8) is 0 Å². The predicted octanol–water partition coefficient (Wildman–Crippen LogP) is 1.66. The van der Waals surface area contributed by atoms with E-state index in [0.717, 1.165) is 0 Å². The van der Waals surface area contributed by atoms with Gasteiger partial charge < -0.3 is 10.1 Å². The Bertz CT molecular complexity index is 633. The summed E-state index contributed by atoms with van der Waals surface area (Å²) in [7, 11) is -3.56. The summed E-state index contributed by atoms with van der Waals surface area (Å²) in [6.45, 7) is 6.94. The SMILES string of the molecule is CCOC(=O)c1ccc(S(=O)(=O)N2CCNC(C)C2C)cc1.Cl. The molecule has 2 atom stereocenters. The van der Waals surface area contributed by atoms with Crippen molar-refractivity contribution in [2.24, 2.45) is 0 Å². The van der Waals surface area contributed by atoms with Gasteiger partial charge in [0.15, 0.2) is 0 Å². The number of hydrogen-bond donors (Lipinski definition) is 1. The fourth-order valence-corrected chi connectivity index (χ4v) is 4.18. The molecule has 0 aromatic heterocycles. The Balaban J connectivity index is 0.00000264. The van der Waals surface area contributed by atoms with Crippen molar-refractivity contribution in [2.45, 2.75) is 37.8 Å². The van der Waals surface area contributed by atoms with Crippen molar-refractivity contribution in [1.29, 1.82) is 0 Å². The van der Waals surface area contributed by atoms with Gasteiger partial charge >= 0.3 is 5.97 Å². The van der Waals surface area contributed by atoms with E-state index in [1.54, 1.807) is 6.92 Å². The Morgan fingerprint density at radius 2 is 1.91 bits per heavy atom. The van der Waals surface area contributed by atoms with Crippen LogP contribution in [0.25, 0.3) is 0 Å². The van der Waals surface area contributed by atoms with E-state index in [2.05, 4.69) is 5.32 Å². The van der Waals surface area contributed by atoms with Crippen LogP contribution in [0.5, 0.6) is 0 Å². The van der Waals surface area contributed by atoms with E-state index in [0.29, 0.717) is 18.7 Å². The molecule has 23 heavy (non-hydrogen) atoms. The first-order valence-electron chi connectivity index (χ1n) is 7.40. The molecule has 1 aliphatic heterocycles. The van der Waals surface area contributed by atoms with Crippen molar-refractivity contribution in [3.8, 4) is 0 Å². The molecule has 1 fully saturated rings. The Kier molecular flexibility index (Phi) is 7.01. The maximum Gasteiger partial charge on any atom is 0.338 e. The van der Waals surface area contributed by atoms with Gasteiger partial charge in [0, 0.05) is 25.2 Å². The van der Waals surface area contributed by atoms with Gasteiger partial charge in [0.2, 0.25) is 10.0 Å². The number of benzene rings is 1. The molecule has 1 heterocycles. The molecular weight excluding hydrogens is 340 g/mol. The maximum atomic E-state index is 12.7. The molecule has 0 saturated carbocycles. The third-order valence-electron chi connectivity index (χ3n) is 3.95. The Morgan fingerprint density at radius 1 is 1.30 bits per heavy atom. The molecule has 2 unspecified atom stereocenters. The number of halogens is 1. The molecule has 130 valence electrons. The van der Waals surface area contributed by atoms with Gasteiger partial charge in [0.1, 0.15) is 0 Å². The number of sulfonamides is 1. The summed E-state index contributed by atoms with van der Waals surface area (Å²) in [4.78, 5) is 11.8. The average Bonchev–Trinajstić information content (AvgIpc) is 2.50. The van der Waals surface area contributed by atoms with E-state index in [4.69, 9.17) is 4.74 Å². The zero-order chi connectivity index (χ0) is 16.3. The summed E-state index contributed by atoms with van der Waals surface area (Å²) in [5, 5.41) is 3.26. The highest BCUT2D eigenvalue weighted by Gasteiger charge is 2.34. The van der Waals surface area contributed by atoms with Gasteiger partial charge in [-0.05, 0) is 45.0 Å². The number of esters is 1. The molecule has 2 rings (SSSR count). The van der Waals surface area contributed by atoms with E-state index < -0.39 is 16.0 Å². The number of carbonyl (C=O) groups is 1. The summed E-state index contributed by atoms with van der Waals surface area (Å²) in [6.07, 6.45) is 0. The molecule has 1 aromatic carbocycles. The van der Waals surface area contributed by atoms with Crippen LogP contribution in [-0.4, -0.2) is 50.5 Å². The molecule has 0 radical (unpaired) electrons. The predicted molar refractivity (Wildman–Crippen MR) is 90.5 cm³/mol. The molecule has 1 saturated heterocycles. The van der Waals surface area contributed by atoms with Crippen molar-refractivity contribution in [2.75, 3.05) is 19.7 Å². The lowest BCUT2D eigenvalue weighted by Gasteiger charge is -2.37. The lowest BCUT2D eigenvalue weighted by atomic mass is 10.1. The van der Waals surface area contributed by atoms with Crippen LogP contribution in [-0.2, 0) is 14.8 Å². The number of hydrogen-bond acceptors (Lipinski definition) is 5. The summed E-state index contributed by atoms with van der Waals surface area (Å²) in [5.41, 5.74) is 0.350. The van der Waals surface area contributed by atoms with Gasteiger partial charge in [-0.3, -0.25) is 0 Å². The number of carbonyl (C=O) groups excluding carboxylic acids is 1. The van der Waals surface area contributed by atoms with Crippen LogP contribution in [0.3, 0.4) is 0 Å². The Labute approximate surface area is 143 Å². The molecule has 1 aliphatic rings. The molecule has 0 amide bonds. The molecule has 6 nitrogen and oxygen atoms in total. The fraction of sp³-hybridized carbons (Fsp3) is 0.533.